The molecule has 2 rings (SSSR count). The molecule has 0 atom stereocenters. The van der Waals surface area contributed by atoms with Crippen LogP contribution in [0.5, 0.6) is 0 Å². The van der Waals surface area contributed by atoms with Crippen molar-refractivity contribution in [2.24, 2.45) is 0 Å². The molecule has 1 N–H and O–H groups in total. The van der Waals surface area contributed by atoms with Crippen LogP contribution in [0.25, 0.3) is 0 Å². The molecule has 0 spiro atoms. The molecule has 4 nitrogen and oxygen atoms in total. The third-order valence-corrected chi connectivity index (χ3v) is 4.04. The van der Waals surface area contributed by atoms with Gasteiger partial charge in [0.2, 0.25) is 5.95 Å². The third kappa shape index (κ3) is 4.58. The minimum atomic E-state index is 0.628. The van der Waals surface area contributed by atoms with Crippen LogP contribution in [0.4, 0.5) is 17.5 Å². The van der Waals surface area contributed by atoms with Gasteiger partial charge in [0.25, 0.3) is 0 Å². The van der Waals surface area contributed by atoms with Crippen molar-refractivity contribution in [3.63, 3.8) is 0 Å². The first-order chi connectivity index (χ1) is 11.1. The highest BCUT2D eigenvalue weighted by Crippen LogP contribution is 2.24. The van der Waals surface area contributed by atoms with E-state index in [1.165, 1.54) is 0 Å². The number of halogens is 1. The van der Waals surface area contributed by atoms with Gasteiger partial charge >= 0.3 is 0 Å². The van der Waals surface area contributed by atoms with Crippen LogP contribution in [0, 0.1) is 6.92 Å². The molecule has 1 aromatic carbocycles. The Hall–Kier alpha value is -1.81. The van der Waals surface area contributed by atoms with Gasteiger partial charge in [-0.1, -0.05) is 31.0 Å². The van der Waals surface area contributed by atoms with Crippen LogP contribution in [-0.2, 0) is 6.42 Å². The molecule has 0 aliphatic carbocycles. The van der Waals surface area contributed by atoms with Crippen LogP contribution in [0.1, 0.15) is 38.4 Å². The molecule has 0 bridgehead atoms. The smallest absolute Gasteiger partial charge is 0.229 e. The zero-order valence-electron chi connectivity index (χ0n) is 14.4. The molecule has 1 aromatic heterocycles. The molecule has 0 aliphatic heterocycles. The molecule has 0 amide bonds. The normalized spacial score (nSPS) is 10.7. The Morgan fingerprint density at radius 1 is 1.09 bits per heavy atom. The summed E-state index contributed by atoms with van der Waals surface area (Å²) in [5.41, 5.74) is 3.12. The van der Waals surface area contributed by atoms with E-state index in [-0.39, 0.29) is 0 Å². The van der Waals surface area contributed by atoms with Gasteiger partial charge < -0.3 is 10.2 Å². The Kier molecular flexibility index (Phi) is 6.22. The van der Waals surface area contributed by atoms with Gasteiger partial charge in [0.15, 0.2) is 0 Å². The molecular weight excluding hydrogens is 308 g/mol. The fourth-order valence-electron chi connectivity index (χ4n) is 2.48. The van der Waals surface area contributed by atoms with Crippen LogP contribution < -0.4 is 10.2 Å². The molecule has 2 aromatic rings. The lowest BCUT2D eigenvalue weighted by atomic mass is 10.2. The number of hydrogen-bond acceptors (Lipinski definition) is 4. The Bertz CT molecular complexity index is 653. The average molecular weight is 333 g/mol. The predicted octanol–water partition coefficient (Wildman–Crippen LogP) is 4.98. The first-order valence-electron chi connectivity index (χ1n) is 8.23. The summed E-state index contributed by atoms with van der Waals surface area (Å²) in [6.07, 6.45) is 2.00. The minimum absolute atomic E-state index is 0.628. The second kappa shape index (κ2) is 8.16. The average Bonchev–Trinajstić information content (AvgIpc) is 2.52. The largest absolute Gasteiger partial charge is 0.357 e. The van der Waals surface area contributed by atoms with E-state index in [1.807, 2.05) is 25.1 Å². The SMILES string of the molecule is CCCc1cc(N(CC)CC)nc(Nc2cc(Cl)ccc2C)n1. The highest BCUT2D eigenvalue weighted by molar-refractivity contribution is 6.30. The Labute approximate surface area is 143 Å². The van der Waals surface area contributed by atoms with Gasteiger partial charge in [-0.05, 0) is 44.9 Å². The second-order valence-corrected chi connectivity index (χ2v) is 5.98. The molecule has 0 unspecified atom stereocenters. The fourth-order valence-corrected chi connectivity index (χ4v) is 2.65. The molecule has 0 aliphatic rings. The Morgan fingerprint density at radius 3 is 2.48 bits per heavy atom. The minimum Gasteiger partial charge on any atom is -0.357 e. The van der Waals surface area contributed by atoms with E-state index in [0.717, 1.165) is 48.7 Å². The molecule has 0 saturated carbocycles. The van der Waals surface area contributed by atoms with Gasteiger partial charge in [0.05, 0.1) is 0 Å². The van der Waals surface area contributed by atoms with Crippen molar-refractivity contribution in [2.45, 2.75) is 40.5 Å². The molecule has 1 heterocycles. The quantitative estimate of drug-likeness (QED) is 0.776. The highest BCUT2D eigenvalue weighted by Gasteiger charge is 2.10. The first-order valence-corrected chi connectivity index (χ1v) is 8.61. The van der Waals surface area contributed by atoms with E-state index in [2.05, 4.69) is 47.0 Å². The van der Waals surface area contributed by atoms with Crippen molar-refractivity contribution in [1.82, 2.24) is 9.97 Å². The van der Waals surface area contributed by atoms with Crippen LogP contribution in [0.15, 0.2) is 24.3 Å². The van der Waals surface area contributed by atoms with Crippen molar-refractivity contribution >= 4 is 29.1 Å². The predicted molar refractivity (Wildman–Crippen MR) is 99.1 cm³/mol. The van der Waals surface area contributed by atoms with Crippen molar-refractivity contribution in [2.75, 3.05) is 23.3 Å². The maximum absolute atomic E-state index is 6.10. The van der Waals surface area contributed by atoms with Crippen molar-refractivity contribution in [3.05, 3.63) is 40.5 Å². The fraction of sp³-hybridized carbons (Fsp3) is 0.444. The van der Waals surface area contributed by atoms with Crippen LogP contribution >= 0.6 is 11.6 Å². The van der Waals surface area contributed by atoms with Crippen molar-refractivity contribution in [3.8, 4) is 0 Å². The molecule has 0 radical (unpaired) electrons. The number of rotatable bonds is 7. The summed E-state index contributed by atoms with van der Waals surface area (Å²) in [5, 5.41) is 4.02. The molecule has 23 heavy (non-hydrogen) atoms. The van der Waals surface area contributed by atoms with Gasteiger partial charge in [-0.15, -0.1) is 0 Å². The van der Waals surface area contributed by atoms with E-state index in [4.69, 9.17) is 11.6 Å². The summed E-state index contributed by atoms with van der Waals surface area (Å²) in [6, 6.07) is 7.87. The van der Waals surface area contributed by atoms with E-state index in [9.17, 15) is 0 Å². The van der Waals surface area contributed by atoms with Crippen molar-refractivity contribution < 1.29 is 0 Å². The molecule has 124 valence electrons. The summed E-state index contributed by atoms with van der Waals surface area (Å²) < 4.78 is 0. The monoisotopic (exact) mass is 332 g/mol. The number of aromatic nitrogens is 2. The topological polar surface area (TPSA) is 41.1 Å². The van der Waals surface area contributed by atoms with Crippen LogP contribution in [0.2, 0.25) is 5.02 Å². The number of aryl methyl sites for hydroxylation is 2. The molecule has 0 fully saturated rings. The van der Waals surface area contributed by atoms with Gasteiger partial charge in [-0.2, -0.15) is 4.98 Å². The second-order valence-electron chi connectivity index (χ2n) is 5.55. The maximum atomic E-state index is 6.10. The lowest BCUT2D eigenvalue weighted by Gasteiger charge is -2.21. The summed E-state index contributed by atoms with van der Waals surface area (Å²) in [4.78, 5) is 11.6. The zero-order chi connectivity index (χ0) is 16.8. The zero-order valence-corrected chi connectivity index (χ0v) is 15.1. The van der Waals surface area contributed by atoms with Crippen LogP contribution in [0.3, 0.4) is 0 Å². The number of nitrogens with zero attached hydrogens (tertiary/aromatic N) is 3. The summed E-state index contributed by atoms with van der Waals surface area (Å²) in [7, 11) is 0. The highest BCUT2D eigenvalue weighted by atomic mass is 35.5. The Balaban J connectivity index is 2.38. The lowest BCUT2D eigenvalue weighted by Crippen LogP contribution is -2.23. The molecule has 0 saturated heterocycles. The van der Waals surface area contributed by atoms with Crippen LogP contribution in [-0.4, -0.2) is 23.1 Å². The standard InChI is InChI=1S/C18H25ClN4/c1-5-8-15-12-17(23(6-2)7-3)22-18(20-15)21-16-11-14(19)10-9-13(16)4/h9-12H,5-8H2,1-4H3,(H,20,21,22). The third-order valence-electron chi connectivity index (χ3n) is 3.81. The summed E-state index contributed by atoms with van der Waals surface area (Å²) in [6.45, 7) is 10.3. The molecular formula is C18H25ClN4. The van der Waals surface area contributed by atoms with Gasteiger partial charge in [-0.3, -0.25) is 0 Å². The number of nitrogens with one attached hydrogen (secondary N) is 1. The van der Waals surface area contributed by atoms with Crippen molar-refractivity contribution in [1.29, 1.82) is 0 Å². The lowest BCUT2D eigenvalue weighted by molar-refractivity contribution is 0.824. The number of anilines is 3. The molecule has 5 heteroatoms. The van der Waals surface area contributed by atoms with Gasteiger partial charge in [0.1, 0.15) is 5.82 Å². The summed E-state index contributed by atoms with van der Waals surface area (Å²) >= 11 is 6.10. The van der Waals surface area contributed by atoms with E-state index in [1.54, 1.807) is 0 Å². The maximum Gasteiger partial charge on any atom is 0.229 e. The number of hydrogen-bond donors (Lipinski definition) is 1. The van der Waals surface area contributed by atoms with Gasteiger partial charge in [-0.25, -0.2) is 4.98 Å². The van der Waals surface area contributed by atoms with E-state index in [0.29, 0.717) is 11.0 Å². The summed E-state index contributed by atoms with van der Waals surface area (Å²) in [5.74, 6) is 1.60. The Morgan fingerprint density at radius 2 is 1.83 bits per heavy atom. The van der Waals surface area contributed by atoms with Gasteiger partial charge in [0, 0.05) is 35.6 Å². The first kappa shape index (κ1) is 17.5. The van der Waals surface area contributed by atoms with E-state index < -0.39 is 0 Å². The number of benzene rings is 1. The van der Waals surface area contributed by atoms with E-state index >= 15 is 0 Å².